The molecule has 3 amide bonds. The van der Waals surface area contributed by atoms with Crippen LogP contribution in [0.15, 0.2) is 36.9 Å². The van der Waals surface area contributed by atoms with Gasteiger partial charge in [-0.15, -0.1) is 0 Å². The fourth-order valence-electron chi connectivity index (χ4n) is 4.85. The second kappa shape index (κ2) is 8.34. The van der Waals surface area contributed by atoms with Crippen molar-refractivity contribution in [3.05, 3.63) is 48.2 Å². The largest absolute Gasteiger partial charge is 0.357 e. The first-order valence-corrected chi connectivity index (χ1v) is 10.6. The highest BCUT2D eigenvalue weighted by molar-refractivity contribution is 5.91. The van der Waals surface area contributed by atoms with E-state index in [2.05, 4.69) is 16.9 Å². The Labute approximate surface area is 176 Å². The zero-order chi connectivity index (χ0) is 21.3. The number of hydrogen-bond acceptors (Lipinski definition) is 3. The van der Waals surface area contributed by atoms with Gasteiger partial charge in [0.25, 0.3) is 0 Å². The summed E-state index contributed by atoms with van der Waals surface area (Å²) < 4.78 is 0. The van der Waals surface area contributed by atoms with Crippen molar-refractivity contribution in [3.8, 4) is 0 Å². The summed E-state index contributed by atoms with van der Waals surface area (Å²) in [7, 11) is 1.60. The monoisotopic (exact) mass is 408 g/mol. The maximum absolute atomic E-state index is 13.2. The van der Waals surface area contributed by atoms with Crippen molar-refractivity contribution in [1.29, 1.82) is 0 Å². The van der Waals surface area contributed by atoms with Crippen LogP contribution in [0.5, 0.6) is 0 Å². The summed E-state index contributed by atoms with van der Waals surface area (Å²) in [5, 5.41) is 3.82. The SMILES string of the molecule is C=CC(=O)N1CCCC1CCC(=O)N1Cc2[nH]c3ccccc3c2C[C@@H]1C(=O)NC. The number of amides is 3. The van der Waals surface area contributed by atoms with Gasteiger partial charge in [-0.05, 0) is 37.0 Å². The molecule has 3 heterocycles. The molecule has 2 N–H and O–H groups in total. The quantitative estimate of drug-likeness (QED) is 0.743. The molecule has 1 fully saturated rings. The zero-order valence-electron chi connectivity index (χ0n) is 17.3. The molecule has 0 saturated carbocycles. The number of aromatic amines is 1. The van der Waals surface area contributed by atoms with Crippen LogP contribution in [-0.2, 0) is 27.3 Å². The predicted octanol–water partition coefficient (Wildman–Crippen LogP) is 2.12. The molecule has 2 atom stereocenters. The number of rotatable bonds is 5. The van der Waals surface area contributed by atoms with Crippen LogP contribution in [0, 0.1) is 0 Å². The summed E-state index contributed by atoms with van der Waals surface area (Å²) in [5.41, 5.74) is 3.13. The van der Waals surface area contributed by atoms with E-state index in [4.69, 9.17) is 0 Å². The summed E-state index contributed by atoms with van der Waals surface area (Å²) >= 11 is 0. The van der Waals surface area contributed by atoms with Gasteiger partial charge in [-0.3, -0.25) is 14.4 Å². The smallest absolute Gasteiger partial charge is 0.246 e. The Balaban J connectivity index is 1.52. The number of likely N-dealkylation sites (N-methyl/N-ethyl adjacent to an activating group) is 1. The van der Waals surface area contributed by atoms with E-state index in [-0.39, 0.29) is 23.8 Å². The Kier molecular flexibility index (Phi) is 5.61. The Morgan fingerprint density at radius 3 is 2.83 bits per heavy atom. The number of para-hydroxylation sites is 1. The van der Waals surface area contributed by atoms with Gasteiger partial charge in [0, 0.05) is 49.1 Å². The minimum atomic E-state index is -0.524. The lowest BCUT2D eigenvalue weighted by molar-refractivity contribution is -0.142. The molecule has 0 radical (unpaired) electrons. The highest BCUT2D eigenvalue weighted by Gasteiger charge is 2.36. The summed E-state index contributed by atoms with van der Waals surface area (Å²) in [6, 6.07) is 7.56. The van der Waals surface area contributed by atoms with Crippen LogP contribution in [0.2, 0.25) is 0 Å². The number of carbonyl (C=O) groups excluding carboxylic acids is 3. The summed E-state index contributed by atoms with van der Waals surface area (Å²) in [6.07, 6.45) is 4.60. The number of hydrogen-bond donors (Lipinski definition) is 2. The maximum Gasteiger partial charge on any atom is 0.246 e. The molecule has 1 unspecified atom stereocenters. The molecule has 0 spiro atoms. The Morgan fingerprint density at radius 1 is 1.27 bits per heavy atom. The van der Waals surface area contributed by atoms with E-state index in [0.717, 1.165) is 35.0 Å². The normalized spacial score (nSPS) is 20.8. The molecule has 0 bridgehead atoms. The number of benzene rings is 1. The number of carbonyl (C=O) groups is 3. The Morgan fingerprint density at radius 2 is 2.07 bits per heavy atom. The summed E-state index contributed by atoms with van der Waals surface area (Å²) in [5.74, 6) is -0.275. The first kappa shape index (κ1) is 20.2. The van der Waals surface area contributed by atoms with Crippen LogP contribution >= 0.6 is 0 Å². The molecular formula is C23H28N4O3. The van der Waals surface area contributed by atoms with Crippen molar-refractivity contribution in [2.24, 2.45) is 0 Å². The lowest BCUT2D eigenvalue weighted by atomic mass is 9.95. The van der Waals surface area contributed by atoms with Gasteiger partial charge in [0.1, 0.15) is 6.04 Å². The van der Waals surface area contributed by atoms with Crippen LogP contribution in [0.25, 0.3) is 10.9 Å². The molecule has 1 aromatic carbocycles. The minimum Gasteiger partial charge on any atom is -0.357 e. The molecule has 4 rings (SSSR count). The number of likely N-dealkylation sites (tertiary alicyclic amines) is 1. The average Bonchev–Trinajstić information content (AvgIpc) is 3.39. The second-order valence-corrected chi connectivity index (χ2v) is 8.05. The molecule has 158 valence electrons. The molecular weight excluding hydrogens is 380 g/mol. The number of nitrogens with one attached hydrogen (secondary N) is 2. The molecule has 7 heteroatoms. The van der Waals surface area contributed by atoms with Gasteiger partial charge in [0.15, 0.2) is 0 Å². The summed E-state index contributed by atoms with van der Waals surface area (Å²) in [4.78, 5) is 44.7. The third kappa shape index (κ3) is 3.60. The van der Waals surface area contributed by atoms with Crippen LogP contribution in [0.1, 0.15) is 36.9 Å². The van der Waals surface area contributed by atoms with Gasteiger partial charge >= 0.3 is 0 Å². The van der Waals surface area contributed by atoms with Crippen molar-refractivity contribution in [1.82, 2.24) is 20.1 Å². The van der Waals surface area contributed by atoms with E-state index in [1.54, 1.807) is 11.9 Å². The third-order valence-electron chi connectivity index (χ3n) is 6.40. The first-order chi connectivity index (χ1) is 14.5. The number of aromatic nitrogens is 1. The van der Waals surface area contributed by atoms with Gasteiger partial charge in [-0.25, -0.2) is 0 Å². The van der Waals surface area contributed by atoms with Crippen LogP contribution < -0.4 is 5.32 Å². The number of fused-ring (bicyclic) bond motifs is 3. The second-order valence-electron chi connectivity index (χ2n) is 8.05. The molecule has 1 aromatic heterocycles. The van der Waals surface area contributed by atoms with Gasteiger partial charge in [-0.2, -0.15) is 0 Å². The van der Waals surface area contributed by atoms with Gasteiger partial charge in [0.05, 0.1) is 6.54 Å². The highest BCUT2D eigenvalue weighted by atomic mass is 16.2. The van der Waals surface area contributed by atoms with E-state index in [1.165, 1.54) is 6.08 Å². The summed E-state index contributed by atoms with van der Waals surface area (Å²) in [6.45, 7) is 4.68. The number of nitrogens with zero attached hydrogens (tertiary/aromatic N) is 2. The van der Waals surface area contributed by atoms with E-state index in [0.29, 0.717) is 32.4 Å². The molecule has 30 heavy (non-hydrogen) atoms. The molecule has 2 aliphatic rings. The maximum atomic E-state index is 13.2. The lowest BCUT2D eigenvalue weighted by Crippen LogP contribution is -2.52. The topological polar surface area (TPSA) is 85.5 Å². The molecule has 7 nitrogen and oxygen atoms in total. The minimum absolute atomic E-state index is 0.0502. The predicted molar refractivity (Wildman–Crippen MR) is 115 cm³/mol. The van der Waals surface area contributed by atoms with Crippen molar-refractivity contribution in [2.75, 3.05) is 13.6 Å². The fraction of sp³-hybridized carbons (Fsp3) is 0.435. The van der Waals surface area contributed by atoms with Crippen molar-refractivity contribution >= 4 is 28.6 Å². The average molecular weight is 409 g/mol. The molecule has 2 aliphatic heterocycles. The fourth-order valence-corrected chi connectivity index (χ4v) is 4.85. The molecule has 1 saturated heterocycles. The third-order valence-corrected chi connectivity index (χ3v) is 6.40. The van der Waals surface area contributed by atoms with E-state index in [9.17, 15) is 14.4 Å². The zero-order valence-corrected chi connectivity index (χ0v) is 17.3. The molecule has 2 aromatic rings. The van der Waals surface area contributed by atoms with Crippen molar-refractivity contribution < 1.29 is 14.4 Å². The standard InChI is InChI=1S/C23H28N4O3/c1-3-21(28)26-12-6-7-15(26)10-11-22(29)27-14-19-17(13-20(27)23(30)24-2)16-8-4-5-9-18(16)25-19/h3-5,8-9,15,20,25H,1,6-7,10-14H2,2H3,(H,24,30)/t15?,20-/m1/s1. The Bertz CT molecular complexity index is 995. The van der Waals surface area contributed by atoms with Gasteiger partial charge in [0.2, 0.25) is 17.7 Å². The van der Waals surface area contributed by atoms with Crippen LogP contribution in [0.4, 0.5) is 0 Å². The highest BCUT2D eigenvalue weighted by Crippen LogP contribution is 2.31. The Hall–Kier alpha value is -3.09. The van der Waals surface area contributed by atoms with Crippen LogP contribution in [-0.4, -0.2) is 58.2 Å². The van der Waals surface area contributed by atoms with Crippen molar-refractivity contribution in [3.63, 3.8) is 0 Å². The van der Waals surface area contributed by atoms with Gasteiger partial charge in [-0.1, -0.05) is 24.8 Å². The van der Waals surface area contributed by atoms with Gasteiger partial charge < -0.3 is 20.1 Å². The van der Waals surface area contributed by atoms with E-state index < -0.39 is 6.04 Å². The van der Waals surface area contributed by atoms with E-state index in [1.807, 2.05) is 29.2 Å². The number of H-pyrrole nitrogens is 1. The van der Waals surface area contributed by atoms with E-state index >= 15 is 0 Å². The molecule has 0 aliphatic carbocycles. The van der Waals surface area contributed by atoms with Crippen LogP contribution in [0.3, 0.4) is 0 Å². The first-order valence-electron chi connectivity index (χ1n) is 10.6. The van der Waals surface area contributed by atoms with Crippen molar-refractivity contribution in [2.45, 2.75) is 50.7 Å². The lowest BCUT2D eigenvalue weighted by Gasteiger charge is -2.35.